The van der Waals surface area contributed by atoms with Crippen LogP contribution in [0.4, 0.5) is 0 Å². The van der Waals surface area contributed by atoms with Gasteiger partial charge in [0.15, 0.2) is 6.73 Å². The van der Waals surface area contributed by atoms with Crippen LogP contribution in [0.1, 0.15) is 18.0 Å². The molecule has 0 saturated carbocycles. The first-order valence-corrected chi connectivity index (χ1v) is 11.0. The van der Waals surface area contributed by atoms with Gasteiger partial charge in [0.1, 0.15) is 11.8 Å². The molecule has 3 aromatic rings. The molecule has 3 aromatic carbocycles. The van der Waals surface area contributed by atoms with Gasteiger partial charge in [-0.15, -0.1) is 12.4 Å². The van der Waals surface area contributed by atoms with Gasteiger partial charge in [-0.05, 0) is 11.5 Å². The first kappa shape index (κ1) is 24.4. The van der Waals surface area contributed by atoms with E-state index in [0.717, 1.165) is 22.1 Å². The van der Waals surface area contributed by atoms with Gasteiger partial charge in [0.25, 0.3) is 0 Å². The summed E-state index contributed by atoms with van der Waals surface area (Å²) in [6.07, 6.45) is 0.657. The fraction of sp³-hybridized carbons (Fsp3) is 0.273. The average Bonchev–Trinajstić information content (AvgIpc) is 2.70. The molecule has 0 bridgehead atoms. The summed E-state index contributed by atoms with van der Waals surface area (Å²) in [5, 5.41) is 2.18. The molecule has 0 amide bonds. The highest BCUT2D eigenvalue weighted by Crippen LogP contribution is 2.38. The number of nitrogens with zero attached hydrogens (tertiary/aromatic N) is 1. The summed E-state index contributed by atoms with van der Waals surface area (Å²) in [5.41, 5.74) is 1.06. The average molecular weight is 453 g/mol. The summed E-state index contributed by atoms with van der Waals surface area (Å²) in [6, 6.07) is 23.9. The number of benzene rings is 3. The van der Waals surface area contributed by atoms with Crippen LogP contribution in [0.15, 0.2) is 72.8 Å². The Morgan fingerprint density at radius 3 is 2.27 bits per heavy atom. The largest absolute Gasteiger partial charge is 0.493 e. The molecule has 0 aliphatic carbocycles. The lowest BCUT2D eigenvalue weighted by atomic mass is 10.0. The molecule has 0 spiro atoms. The van der Waals surface area contributed by atoms with Crippen LogP contribution in [-0.4, -0.2) is 41.7 Å². The number of phosphoric acid groups is 1. The quantitative estimate of drug-likeness (QED) is 0.274. The molecule has 0 fully saturated rings. The molecule has 0 aliphatic rings. The summed E-state index contributed by atoms with van der Waals surface area (Å²) in [7, 11) is -0.753. The number of hydrogen-bond acceptors (Lipinski definition) is 3. The van der Waals surface area contributed by atoms with Crippen LogP contribution in [0.25, 0.3) is 10.8 Å². The Morgan fingerprint density at radius 1 is 0.933 bits per heavy atom. The normalized spacial score (nSPS) is 12.9. The number of ether oxygens (including phenoxy) is 1. The van der Waals surface area contributed by atoms with Crippen molar-refractivity contribution in [2.45, 2.75) is 12.5 Å². The Hall–Kier alpha value is -1.92. The second kappa shape index (κ2) is 10.4. The van der Waals surface area contributed by atoms with Crippen LogP contribution in [0.2, 0.25) is 0 Å². The highest BCUT2D eigenvalue weighted by Gasteiger charge is 2.32. The van der Waals surface area contributed by atoms with Gasteiger partial charge in [-0.1, -0.05) is 66.7 Å². The molecule has 0 saturated heterocycles. The highest BCUT2D eigenvalue weighted by molar-refractivity contribution is 7.46. The minimum absolute atomic E-state index is 0. The molecule has 1 atom stereocenters. The van der Waals surface area contributed by atoms with E-state index in [1.54, 1.807) is 0 Å². The molecule has 2 N–H and O–H groups in total. The summed E-state index contributed by atoms with van der Waals surface area (Å²) < 4.78 is 22.4. The van der Waals surface area contributed by atoms with Gasteiger partial charge in [0, 0.05) is 17.4 Å². The number of hydrogen-bond donors (Lipinski definition) is 2. The zero-order valence-electron chi connectivity index (χ0n) is 17.0. The summed E-state index contributed by atoms with van der Waals surface area (Å²) >= 11 is 0. The fourth-order valence-corrected chi connectivity index (χ4v) is 3.96. The number of fused-ring (bicyclic) bond motifs is 1. The van der Waals surface area contributed by atoms with Crippen molar-refractivity contribution < 1.29 is 28.1 Å². The monoisotopic (exact) mass is 452 g/mol. The number of halogens is 1. The smallest absolute Gasteiger partial charge is 0.474 e. The molecule has 0 unspecified atom stereocenters. The Kier molecular flexibility index (Phi) is 8.44. The predicted octanol–water partition coefficient (Wildman–Crippen LogP) is 4.92. The zero-order chi connectivity index (χ0) is 20.9. The number of rotatable bonds is 9. The van der Waals surface area contributed by atoms with E-state index < -0.39 is 7.82 Å². The third-order valence-electron chi connectivity index (χ3n) is 4.99. The van der Waals surface area contributed by atoms with E-state index in [1.165, 1.54) is 0 Å². The first-order valence-electron chi connectivity index (χ1n) is 9.44. The van der Waals surface area contributed by atoms with Crippen LogP contribution in [-0.2, 0) is 9.09 Å². The SMILES string of the molecule is C[N+](C)(COP(=O)(O)O)[C@@H](CCOc1cccc2ccccc12)c1ccccc1.Cl. The minimum atomic E-state index is -4.54. The van der Waals surface area contributed by atoms with Gasteiger partial charge in [-0.2, -0.15) is 0 Å². The Labute approximate surface area is 183 Å². The predicted molar refractivity (Wildman–Crippen MR) is 121 cm³/mol. The van der Waals surface area contributed by atoms with Crippen molar-refractivity contribution in [2.75, 3.05) is 27.4 Å². The minimum Gasteiger partial charge on any atom is -0.493 e. The molecular formula is C22H28ClNO5P+. The second-order valence-electron chi connectivity index (χ2n) is 7.57. The fourth-order valence-electron chi connectivity index (χ4n) is 3.51. The zero-order valence-corrected chi connectivity index (χ0v) is 18.8. The molecule has 0 aliphatic heterocycles. The van der Waals surface area contributed by atoms with Gasteiger partial charge in [-0.25, -0.2) is 9.09 Å². The van der Waals surface area contributed by atoms with E-state index in [4.69, 9.17) is 19.0 Å². The van der Waals surface area contributed by atoms with Crippen molar-refractivity contribution in [1.29, 1.82) is 0 Å². The molecule has 0 radical (unpaired) electrons. The van der Waals surface area contributed by atoms with Crippen molar-refractivity contribution in [3.05, 3.63) is 78.4 Å². The lowest BCUT2D eigenvalue weighted by Crippen LogP contribution is -2.45. The molecule has 162 valence electrons. The molecule has 3 rings (SSSR count). The van der Waals surface area contributed by atoms with Crippen LogP contribution < -0.4 is 4.74 Å². The van der Waals surface area contributed by atoms with E-state index >= 15 is 0 Å². The Morgan fingerprint density at radius 2 is 1.57 bits per heavy atom. The molecule has 0 aromatic heterocycles. The van der Waals surface area contributed by atoms with Crippen molar-refractivity contribution in [2.24, 2.45) is 0 Å². The lowest BCUT2D eigenvalue weighted by molar-refractivity contribution is -0.936. The maximum absolute atomic E-state index is 11.2. The maximum Gasteiger partial charge on any atom is 0.474 e. The van der Waals surface area contributed by atoms with E-state index in [2.05, 4.69) is 0 Å². The van der Waals surface area contributed by atoms with E-state index in [0.29, 0.717) is 13.0 Å². The Balaban J connectivity index is 0.00000320. The molecule has 6 nitrogen and oxygen atoms in total. The first-order chi connectivity index (χ1) is 13.8. The topological polar surface area (TPSA) is 76.0 Å². The van der Waals surface area contributed by atoms with Crippen molar-refractivity contribution in [1.82, 2.24) is 0 Å². The third-order valence-corrected chi connectivity index (χ3v) is 5.44. The van der Waals surface area contributed by atoms with Gasteiger partial charge in [-0.3, -0.25) is 4.48 Å². The number of quaternary nitrogens is 1. The summed E-state index contributed by atoms with van der Waals surface area (Å²) in [6.45, 7) is 0.350. The summed E-state index contributed by atoms with van der Waals surface area (Å²) in [5.74, 6) is 0.826. The van der Waals surface area contributed by atoms with Crippen LogP contribution in [0.3, 0.4) is 0 Å². The van der Waals surface area contributed by atoms with Gasteiger partial charge in [0.05, 0.1) is 20.7 Å². The summed E-state index contributed by atoms with van der Waals surface area (Å²) in [4.78, 5) is 18.2. The van der Waals surface area contributed by atoms with Crippen LogP contribution in [0, 0.1) is 0 Å². The molecular weight excluding hydrogens is 425 g/mol. The van der Waals surface area contributed by atoms with Crippen molar-refractivity contribution >= 4 is 31.0 Å². The van der Waals surface area contributed by atoms with E-state index in [1.807, 2.05) is 86.9 Å². The van der Waals surface area contributed by atoms with Gasteiger partial charge >= 0.3 is 7.82 Å². The van der Waals surface area contributed by atoms with Crippen LogP contribution >= 0.6 is 20.2 Å². The van der Waals surface area contributed by atoms with Gasteiger partial charge in [0.2, 0.25) is 0 Å². The molecule has 0 heterocycles. The maximum atomic E-state index is 11.2. The number of phosphoric ester groups is 1. The van der Waals surface area contributed by atoms with Crippen molar-refractivity contribution in [3.63, 3.8) is 0 Å². The third kappa shape index (κ3) is 6.54. The van der Waals surface area contributed by atoms with Crippen molar-refractivity contribution in [3.8, 4) is 5.75 Å². The van der Waals surface area contributed by atoms with Gasteiger partial charge < -0.3 is 14.5 Å². The highest BCUT2D eigenvalue weighted by atomic mass is 35.5. The Bertz CT molecular complexity index is 988. The second-order valence-corrected chi connectivity index (χ2v) is 8.81. The standard InChI is InChI=1S/C22H26NO5P.ClH/c1-23(2,17-28-29(24,25)26)21(19-10-4-3-5-11-19)15-16-27-22-14-8-12-18-9-6-7-13-20(18)22;/h3-14,21H,15-17H2,1-2H3,(H-,24,25,26);1H/p+1/t21-;/m0./s1. The molecule has 30 heavy (non-hydrogen) atoms. The van der Waals surface area contributed by atoms with Crippen LogP contribution in [0.5, 0.6) is 5.75 Å². The van der Waals surface area contributed by atoms with E-state index in [-0.39, 0.29) is 29.7 Å². The lowest BCUT2D eigenvalue weighted by Gasteiger charge is -2.37. The van der Waals surface area contributed by atoms with E-state index in [9.17, 15) is 4.57 Å². The molecule has 8 heteroatoms.